The lowest BCUT2D eigenvalue weighted by molar-refractivity contribution is 0.0827. The average Bonchev–Trinajstić information content (AvgIpc) is 2.54. The smallest absolute Gasteiger partial charge is 0.253 e. The molecule has 6 nitrogen and oxygen atoms in total. The molecule has 0 saturated carbocycles. The lowest BCUT2D eigenvalue weighted by atomic mass is 10.1. The van der Waals surface area contributed by atoms with Gasteiger partial charge in [-0.2, -0.15) is 4.31 Å². The SMILES string of the molecule is CN(C)C(=O)c1ccc(S(=O)(=O)N(C)C2CCNCC2)cc1.Cl. The Balaban J connectivity index is 0.00000264. The Hall–Kier alpha value is -1.15. The van der Waals surface area contributed by atoms with Gasteiger partial charge in [0.25, 0.3) is 5.91 Å². The van der Waals surface area contributed by atoms with Gasteiger partial charge in [0.05, 0.1) is 4.90 Å². The summed E-state index contributed by atoms with van der Waals surface area (Å²) in [4.78, 5) is 13.5. The standard InChI is InChI=1S/C15H23N3O3S.ClH/c1-17(2)15(19)12-4-6-14(7-5-12)22(20,21)18(3)13-8-10-16-11-9-13;/h4-7,13,16H,8-11H2,1-3H3;1H. The molecule has 0 unspecified atom stereocenters. The molecule has 1 fully saturated rings. The molecule has 1 heterocycles. The van der Waals surface area contributed by atoms with Crippen molar-refractivity contribution >= 4 is 28.3 Å². The number of piperidine rings is 1. The summed E-state index contributed by atoms with van der Waals surface area (Å²) < 4.78 is 26.8. The summed E-state index contributed by atoms with van der Waals surface area (Å²) >= 11 is 0. The summed E-state index contributed by atoms with van der Waals surface area (Å²) in [6.07, 6.45) is 1.62. The van der Waals surface area contributed by atoms with Crippen LogP contribution in [0.3, 0.4) is 0 Å². The lowest BCUT2D eigenvalue weighted by Gasteiger charge is -2.30. The van der Waals surface area contributed by atoms with Gasteiger partial charge in [0.2, 0.25) is 10.0 Å². The number of nitrogens with zero attached hydrogens (tertiary/aromatic N) is 2. The van der Waals surface area contributed by atoms with Crippen LogP contribution >= 0.6 is 12.4 Å². The van der Waals surface area contributed by atoms with Crippen LogP contribution in [0.25, 0.3) is 0 Å². The second-order valence-corrected chi connectivity index (χ2v) is 7.72. The second kappa shape index (κ2) is 8.10. The molecule has 23 heavy (non-hydrogen) atoms. The van der Waals surface area contributed by atoms with E-state index in [0.29, 0.717) is 5.56 Å². The van der Waals surface area contributed by atoms with E-state index in [1.807, 2.05) is 0 Å². The van der Waals surface area contributed by atoms with Crippen LogP contribution in [-0.2, 0) is 10.0 Å². The predicted molar refractivity (Wildman–Crippen MR) is 92.5 cm³/mol. The number of carbonyl (C=O) groups is 1. The number of rotatable bonds is 4. The molecule has 1 aromatic carbocycles. The third kappa shape index (κ3) is 4.44. The minimum atomic E-state index is -3.52. The van der Waals surface area contributed by atoms with Gasteiger partial charge in [-0.05, 0) is 50.2 Å². The highest BCUT2D eigenvalue weighted by Gasteiger charge is 2.29. The van der Waals surface area contributed by atoms with Gasteiger partial charge >= 0.3 is 0 Å². The maximum Gasteiger partial charge on any atom is 0.253 e. The number of hydrogen-bond acceptors (Lipinski definition) is 4. The van der Waals surface area contributed by atoms with Gasteiger partial charge in [-0.1, -0.05) is 0 Å². The monoisotopic (exact) mass is 361 g/mol. The Morgan fingerprint density at radius 2 is 1.61 bits per heavy atom. The van der Waals surface area contributed by atoms with Crippen LogP contribution in [0.4, 0.5) is 0 Å². The van der Waals surface area contributed by atoms with E-state index < -0.39 is 10.0 Å². The highest BCUT2D eigenvalue weighted by atomic mass is 35.5. The highest BCUT2D eigenvalue weighted by molar-refractivity contribution is 7.89. The zero-order valence-electron chi connectivity index (χ0n) is 13.7. The minimum absolute atomic E-state index is 0. The maximum absolute atomic E-state index is 12.7. The first kappa shape index (κ1) is 19.9. The van der Waals surface area contributed by atoms with Gasteiger partial charge in [0.15, 0.2) is 0 Å². The lowest BCUT2D eigenvalue weighted by Crippen LogP contribution is -2.43. The number of benzene rings is 1. The number of halogens is 1. The third-order valence-electron chi connectivity index (χ3n) is 4.01. The van der Waals surface area contributed by atoms with E-state index in [-0.39, 0.29) is 29.3 Å². The fraction of sp³-hybridized carbons (Fsp3) is 0.533. The zero-order valence-corrected chi connectivity index (χ0v) is 15.3. The molecule has 1 aliphatic heterocycles. The van der Waals surface area contributed by atoms with Gasteiger partial charge in [-0.3, -0.25) is 4.79 Å². The Morgan fingerprint density at radius 1 is 1.09 bits per heavy atom. The fourth-order valence-corrected chi connectivity index (χ4v) is 3.98. The molecule has 8 heteroatoms. The van der Waals surface area contributed by atoms with Gasteiger partial charge in [0, 0.05) is 32.7 Å². The number of sulfonamides is 1. The first-order chi connectivity index (χ1) is 10.3. The van der Waals surface area contributed by atoms with Gasteiger partial charge < -0.3 is 10.2 Å². The second-order valence-electron chi connectivity index (χ2n) is 5.73. The molecule has 1 N–H and O–H groups in total. The van der Waals surface area contributed by atoms with Crippen molar-refractivity contribution in [3.8, 4) is 0 Å². The van der Waals surface area contributed by atoms with Gasteiger partial charge in [-0.15, -0.1) is 12.4 Å². The topological polar surface area (TPSA) is 69.7 Å². The van der Waals surface area contributed by atoms with Crippen molar-refractivity contribution in [2.45, 2.75) is 23.8 Å². The Labute approximate surface area is 144 Å². The molecule has 1 saturated heterocycles. The van der Waals surface area contributed by atoms with Crippen LogP contribution in [0.5, 0.6) is 0 Å². The minimum Gasteiger partial charge on any atom is -0.345 e. The molecule has 0 radical (unpaired) electrons. The molecule has 0 atom stereocenters. The quantitative estimate of drug-likeness (QED) is 0.874. The summed E-state index contributed by atoms with van der Waals surface area (Å²) in [5.74, 6) is -0.143. The number of amides is 1. The summed E-state index contributed by atoms with van der Waals surface area (Å²) in [5, 5.41) is 3.23. The molecule has 2 rings (SSSR count). The van der Waals surface area contributed by atoms with Crippen LogP contribution in [0.2, 0.25) is 0 Å². The number of nitrogens with one attached hydrogen (secondary N) is 1. The molecule has 0 spiro atoms. The zero-order chi connectivity index (χ0) is 16.3. The molecule has 0 bridgehead atoms. The third-order valence-corrected chi connectivity index (χ3v) is 5.93. The Morgan fingerprint density at radius 3 is 2.09 bits per heavy atom. The molecule has 1 aromatic rings. The molecule has 1 aliphatic rings. The van der Waals surface area contributed by atoms with E-state index in [2.05, 4.69) is 5.32 Å². The van der Waals surface area contributed by atoms with Crippen molar-refractivity contribution in [2.24, 2.45) is 0 Å². The van der Waals surface area contributed by atoms with Crippen molar-refractivity contribution in [3.63, 3.8) is 0 Å². The first-order valence-electron chi connectivity index (χ1n) is 7.34. The molecule has 130 valence electrons. The van der Waals surface area contributed by atoms with E-state index >= 15 is 0 Å². The van der Waals surface area contributed by atoms with Crippen LogP contribution in [0, 0.1) is 0 Å². The summed E-state index contributed by atoms with van der Waals surface area (Å²) in [6.45, 7) is 1.67. The van der Waals surface area contributed by atoms with E-state index in [0.717, 1.165) is 25.9 Å². The maximum atomic E-state index is 12.7. The van der Waals surface area contributed by atoms with Gasteiger partial charge in [0.1, 0.15) is 0 Å². The van der Waals surface area contributed by atoms with E-state index in [1.54, 1.807) is 33.3 Å². The van der Waals surface area contributed by atoms with Crippen molar-refractivity contribution in [1.29, 1.82) is 0 Å². The molecular formula is C15H24ClN3O3S. The molecule has 0 aromatic heterocycles. The van der Waals surface area contributed by atoms with Crippen LogP contribution in [-0.4, -0.2) is 63.8 Å². The fourth-order valence-electron chi connectivity index (χ4n) is 2.56. The van der Waals surface area contributed by atoms with E-state index in [9.17, 15) is 13.2 Å². The molecular weight excluding hydrogens is 338 g/mol. The molecule has 0 aliphatic carbocycles. The van der Waals surface area contributed by atoms with Gasteiger partial charge in [-0.25, -0.2) is 8.42 Å². The van der Waals surface area contributed by atoms with Crippen LogP contribution in [0.15, 0.2) is 29.2 Å². The highest BCUT2D eigenvalue weighted by Crippen LogP contribution is 2.21. The van der Waals surface area contributed by atoms with Crippen molar-refractivity contribution in [3.05, 3.63) is 29.8 Å². The van der Waals surface area contributed by atoms with E-state index in [4.69, 9.17) is 0 Å². The first-order valence-corrected chi connectivity index (χ1v) is 8.78. The summed E-state index contributed by atoms with van der Waals surface area (Å²) in [6, 6.07) is 6.15. The van der Waals surface area contributed by atoms with Crippen LogP contribution in [0.1, 0.15) is 23.2 Å². The average molecular weight is 362 g/mol. The Kier molecular flexibility index (Phi) is 7.01. The summed E-state index contributed by atoms with van der Waals surface area (Å²) in [7, 11) is 1.44. The number of hydrogen-bond donors (Lipinski definition) is 1. The largest absolute Gasteiger partial charge is 0.345 e. The van der Waals surface area contributed by atoms with Crippen molar-refractivity contribution in [1.82, 2.24) is 14.5 Å². The normalized spacial score (nSPS) is 16.0. The van der Waals surface area contributed by atoms with Crippen molar-refractivity contribution in [2.75, 3.05) is 34.2 Å². The molecule has 1 amide bonds. The van der Waals surface area contributed by atoms with Crippen LogP contribution < -0.4 is 5.32 Å². The summed E-state index contributed by atoms with van der Waals surface area (Å²) in [5.41, 5.74) is 0.480. The number of carbonyl (C=O) groups excluding carboxylic acids is 1. The Bertz CT molecular complexity index is 626. The van der Waals surface area contributed by atoms with E-state index in [1.165, 1.54) is 21.3 Å². The predicted octanol–water partition coefficient (Wildman–Crippen LogP) is 1.18. The van der Waals surface area contributed by atoms with Crippen molar-refractivity contribution < 1.29 is 13.2 Å².